The summed E-state index contributed by atoms with van der Waals surface area (Å²) in [6.07, 6.45) is 0.236. The third-order valence-corrected chi connectivity index (χ3v) is 5.15. The maximum Gasteiger partial charge on any atom is 0.306 e. The Bertz CT molecular complexity index is 423. The molecule has 0 heterocycles. The van der Waals surface area contributed by atoms with Crippen LogP contribution < -0.4 is 0 Å². The molecule has 0 saturated heterocycles. The van der Waals surface area contributed by atoms with Gasteiger partial charge in [0.1, 0.15) is 0 Å². The van der Waals surface area contributed by atoms with Gasteiger partial charge in [0.2, 0.25) is 0 Å². The standard InChI is InChI=1S/C14H18O8/c15-11(16)5-1-2-6(12(17)18)10-8(14(21)22)4-3-7(9(5)10)13(19)20/h5-10H,1-4H2,(H,15,16)(H,17,18)(H,19,20)(H,21,22). The number of hydrogen-bond donors (Lipinski definition) is 4. The van der Waals surface area contributed by atoms with E-state index in [1.165, 1.54) is 0 Å². The van der Waals surface area contributed by atoms with Gasteiger partial charge in [0, 0.05) is 0 Å². The summed E-state index contributed by atoms with van der Waals surface area (Å²) < 4.78 is 0. The van der Waals surface area contributed by atoms with Gasteiger partial charge in [0.05, 0.1) is 23.7 Å². The Hall–Kier alpha value is -2.12. The van der Waals surface area contributed by atoms with Crippen LogP contribution in [-0.4, -0.2) is 44.3 Å². The number of carboxylic acid groups (broad SMARTS) is 4. The Labute approximate surface area is 125 Å². The van der Waals surface area contributed by atoms with E-state index in [-0.39, 0.29) is 25.7 Å². The Morgan fingerprint density at radius 1 is 0.500 bits per heavy atom. The van der Waals surface area contributed by atoms with Gasteiger partial charge in [0.25, 0.3) is 0 Å². The van der Waals surface area contributed by atoms with E-state index in [4.69, 9.17) is 0 Å². The summed E-state index contributed by atoms with van der Waals surface area (Å²) in [5.74, 6) is -10.7. The summed E-state index contributed by atoms with van der Waals surface area (Å²) in [5.41, 5.74) is 0. The molecule has 8 nitrogen and oxygen atoms in total. The van der Waals surface area contributed by atoms with Gasteiger partial charge in [0.15, 0.2) is 0 Å². The molecular formula is C14H18O8. The molecule has 0 spiro atoms. The van der Waals surface area contributed by atoms with Crippen LogP contribution >= 0.6 is 0 Å². The molecular weight excluding hydrogens is 296 g/mol. The maximum absolute atomic E-state index is 11.4. The minimum atomic E-state index is -1.18. The first-order valence-corrected chi connectivity index (χ1v) is 7.17. The van der Waals surface area contributed by atoms with Gasteiger partial charge in [-0.25, -0.2) is 0 Å². The number of hydrogen-bond acceptors (Lipinski definition) is 4. The van der Waals surface area contributed by atoms with Crippen molar-refractivity contribution in [3.05, 3.63) is 0 Å². The lowest BCUT2D eigenvalue weighted by Gasteiger charge is -2.48. The molecule has 22 heavy (non-hydrogen) atoms. The molecule has 2 fully saturated rings. The zero-order valence-corrected chi connectivity index (χ0v) is 11.7. The molecule has 0 bridgehead atoms. The normalized spacial score (nSPS) is 37.8. The van der Waals surface area contributed by atoms with E-state index in [1.54, 1.807) is 0 Å². The topological polar surface area (TPSA) is 149 Å². The largest absolute Gasteiger partial charge is 0.481 e. The second-order valence-corrected chi connectivity index (χ2v) is 6.09. The van der Waals surface area contributed by atoms with Crippen molar-refractivity contribution in [2.24, 2.45) is 35.5 Å². The van der Waals surface area contributed by atoms with E-state index in [1.807, 2.05) is 0 Å². The molecule has 4 atom stereocenters. The van der Waals surface area contributed by atoms with Gasteiger partial charge in [-0.15, -0.1) is 0 Å². The molecule has 2 saturated carbocycles. The molecule has 4 unspecified atom stereocenters. The van der Waals surface area contributed by atoms with Crippen molar-refractivity contribution >= 4 is 23.9 Å². The molecule has 2 aliphatic carbocycles. The number of aliphatic carboxylic acids is 4. The molecule has 0 aromatic carbocycles. The van der Waals surface area contributed by atoms with Crippen LogP contribution in [-0.2, 0) is 19.2 Å². The van der Waals surface area contributed by atoms with Crippen LogP contribution in [0.15, 0.2) is 0 Å². The summed E-state index contributed by atoms with van der Waals surface area (Å²) in [5, 5.41) is 37.4. The van der Waals surface area contributed by atoms with Crippen molar-refractivity contribution in [3.8, 4) is 0 Å². The van der Waals surface area contributed by atoms with Crippen molar-refractivity contribution in [2.45, 2.75) is 25.7 Å². The number of carboxylic acids is 4. The monoisotopic (exact) mass is 314 g/mol. The van der Waals surface area contributed by atoms with Gasteiger partial charge >= 0.3 is 23.9 Å². The maximum atomic E-state index is 11.4. The Morgan fingerprint density at radius 2 is 0.682 bits per heavy atom. The minimum Gasteiger partial charge on any atom is -0.481 e. The second-order valence-electron chi connectivity index (χ2n) is 6.09. The molecule has 0 aliphatic heterocycles. The highest BCUT2D eigenvalue weighted by Gasteiger charge is 2.56. The average Bonchev–Trinajstić information content (AvgIpc) is 2.43. The summed E-state index contributed by atoms with van der Waals surface area (Å²) >= 11 is 0. The fraction of sp³-hybridized carbons (Fsp3) is 0.714. The lowest BCUT2D eigenvalue weighted by atomic mass is 9.54. The quantitative estimate of drug-likeness (QED) is 0.589. The molecule has 122 valence electrons. The van der Waals surface area contributed by atoms with Crippen LogP contribution in [0, 0.1) is 35.5 Å². The second kappa shape index (κ2) is 5.94. The van der Waals surface area contributed by atoms with E-state index in [2.05, 4.69) is 0 Å². The minimum absolute atomic E-state index is 0.0591. The molecule has 0 radical (unpaired) electrons. The van der Waals surface area contributed by atoms with Gasteiger partial charge in [-0.05, 0) is 37.5 Å². The predicted octanol–water partition coefficient (Wildman–Crippen LogP) is 0.610. The van der Waals surface area contributed by atoms with Crippen LogP contribution in [0.2, 0.25) is 0 Å². The highest BCUT2D eigenvalue weighted by molar-refractivity contribution is 5.79. The fourth-order valence-corrected chi connectivity index (χ4v) is 4.27. The Morgan fingerprint density at radius 3 is 0.818 bits per heavy atom. The van der Waals surface area contributed by atoms with Crippen molar-refractivity contribution in [1.29, 1.82) is 0 Å². The summed E-state index contributed by atoms with van der Waals surface area (Å²) in [6.45, 7) is 0. The van der Waals surface area contributed by atoms with Crippen LogP contribution in [0.3, 0.4) is 0 Å². The molecule has 2 aliphatic rings. The zero-order valence-electron chi connectivity index (χ0n) is 11.7. The van der Waals surface area contributed by atoms with Crippen LogP contribution in [0.25, 0.3) is 0 Å². The average molecular weight is 314 g/mol. The molecule has 4 N–H and O–H groups in total. The first kappa shape index (κ1) is 16.3. The lowest BCUT2D eigenvalue weighted by Crippen LogP contribution is -2.53. The summed E-state index contributed by atoms with van der Waals surface area (Å²) in [6, 6.07) is 0. The lowest BCUT2D eigenvalue weighted by molar-refractivity contribution is -0.174. The fourth-order valence-electron chi connectivity index (χ4n) is 4.27. The van der Waals surface area contributed by atoms with Crippen LogP contribution in [0.1, 0.15) is 25.7 Å². The zero-order chi connectivity index (χ0) is 16.6. The van der Waals surface area contributed by atoms with E-state index in [9.17, 15) is 39.6 Å². The molecule has 8 heteroatoms. The first-order valence-electron chi connectivity index (χ1n) is 7.17. The predicted molar refractivity (Wildman–Crippen MR) is 70.0 cm³/mol. The molecule has 0 aromatic heterocycles. The smallest absolute Gasteiger partial charge is 0.306 e. The summed E-state index contributed by atoms with van der Waals surface area (Å²) in [7, 11) is 0. The van der Waals surface area contributed by atoms with Crippen molar-refractivity contribution < 1.29 is 39.6 Å². The van der Waals surface area contributed by atoms with Crippen molar-refractivity contribution in [2.75, 3.05) is 0 Å². The van der Waals surface area contributed by atoms with Crippen LogP contribution in [0.5, 0.6) is 0 Å². The Balaban J connectivity index is 2.48. The van der Waals surface area contributed by atoms with Gasteiger partial charge < -0.3 is 20.4 Å². The number of rotatable bonds is 4. The summed E-state index contributed by atoms with van der Waals surface area (Å²) in [4.78, 5) is 45.8. The molecule has 2 rings (SSSR count). The van der Waals surface area contributed by atoms with E-state index in [0.29, 0.717) is 0 Å². The first-order chi connectivity index (χ1) is 10.3. The van der Waals surface area contributed by atoms with Gasteiger partial charge in [-0.2, -0.15) is 0 Å². The molecule has 0 amide bonds. The third-order valence-electron chi connectivity index (χ3n) is 5.15. The molecule has 0 aromatic rings. The third kappa shape index (κ3) is 2.65. The Kier molecular flexibility index (Phi) is 4.39. The number of fused-ring (bicyclic) bond motifs is 1. The van der Waals surface area contributed by atoms with Gasteiger partial charge in [-0.3, -0.25) is 19.2 Å². The SMILES string of the molecule is O=C(O)C1CCC(C(=O)O)C2C(C(=O)O)CCC(C(=O)O)C12. The highest BCUT2D eigenvalue weighted by atomic mass is 16.4. The van der Waals surface area contributed by atoms with E-state index < -0.39 is 59.4 Å². The van der Waals surface area contributed by atoms with E-state index in [0.717, 1.165) is 0 Å². The highest BCUT2D eigenvalue weighted by Crippen LogP contribution is 2.52. The van der Waals surface area contributed by atoms with Crippen molar-refractivity contribution in [3.63, 3.8) is 0 Å². The number of carbonyl (C=O) groups is 4. The van der Waals surface area contributed by atoms with Gasteiger partial charge in [-0.1, -0.05) is 0 Å². The van der Waals surface area contributed by atoms with Crippen molar-refractivity contribution in [1.82, 2.24) is 0 Å². The van der Waals surface area contributed by atoms with E-state index >= 15 is 0 Å². The van der Waals surface area contributed by atoms with Crippen LogP contribution in [0.4, 0.5) is 0 Å².